The van der Waals surface area contributed by atoms with Crippen LogP contribution in [0.15, 0.2) is 54.1 Å². The molecule has 3 aromatic rings. The largest absolute Gasteiger partial charge is 0.469 e. The van der Waals surface area contributed by atoms with Crippen LogP contribution >= 0.6 is 7.82 Å². The van der Waals surface area contributed by atoms with Gasteiger partial charge in [-0.1, -0.05) is 16.4 Å². The fourth-order valence-corrected chi connectivity index (χ4v) is 4.21. The molecule has 0 aliphatic carbocycles. The van der Waals surface area contributed by atoms with E-state index in [4.69, 9.17) is 19.4 Å². The Bertz CT molecular complexity index is 1330. The maximum atomic E-state index is 15.0. The third-order valence-corrected chi connectivity index (χ3v) is 6.02. The second-order valence-corrected chi connectivity index (χ2v) is 9.33. The minimum atomic E-state index is -4.60. The number of phosphoric acid groups is 1. The molecule has 2 atom stereocenters. The van der Waals surface area contributed by atoms with Crippen molar-refractivity contribution in [2.45, 2.75) is 25.2 Å². The number of phosphoric ester groups is 1. The van der Waals surface area contributed by atoms with Crippen LogP contribution in [0.3, 0.4) is 0 Å². The minimum absolute atomic E-state index is 0.248. The first-order chi connectivity index (χ1) is 17.2. The Hall–Kier alpha value is -3.71. The number of benzene rings is 1. The van der Waals surface area contributed by atoms with Crippen molar-refractivity contribution in [1.29, 1.82) is 0 Å². The van der Waals surface area contributed by atoms with E-state index in [1.165, 1.54) is 23.4 Å². The molecule has 1 aromatic carbocycles. The summed E-state index contributed by atoms with van der Waals surface area (Å²) in [6, 6.07) is 7.77. The van der Waals surface area contributed by atoms with Crippen LogP contribution in [0.4, 0.5) is 14.9 Å². The van der Waals surface area contributed by atoms with Crippen LogP contribution in [0.2, 0.25) is 0 Å². The number of ether oxygens (including phenoxy) is 1. The first kappa shape index (κ1) is 24.0. The average Bonchev–Trinajstić information content (AvgIpc) is 3.59. The molecule has 2 aliphatic heterocycles. The van der Waals surface area contributed by atoms with Crippen LogP contribution in [-0.4, -0.2) is 66.9 Å². The van der Waals surface area contributed by atoms with Crippen LogP contribution in [0.25, 0.3) is 11.1 Å². The highest BCUT2D eigenvalue weighted by Crippen LogP contribution is 2.36. The van der Waals surface area contributed by atoms with E-state index in [-0.39, 0.29) is 19.6 Å². The van der Waals surface area contributed by atoms with Crippen LogP contribution in [0.1, 0.15) is 12.1 Å². The first-order valence-corrected chi connectivity index (χ1v) is 12.3. The molecule has 13 nitrogen and oxygen atoms in total. The predicted octanol–water partition coefficient (Wildman–Crippen LogP) is 2.11. The number of aromatic nitrogens is 4. The summed E-state index contributed by atoms with van der Waals surface area (Å²) in [7, 11) is -4.60. The lowest BCUT2D eigenvalue weighted by Gasteiger charge is -2.14. The van der Waals surface area contributed by atoms with Crippen molar-refractivity contribution in [2.24, 2.45) is 5.16 Å². The molecule has 1 saturated heterocycles. The van der Waals surface area contributed by atoms with Crippen molar-refractivity contribution >= 4 is 25.3 Å². The lowest BCUT2D eigenvalue weighted by atomic mass is 10.0. The highest BCUT2D eigenvalue weighted by atomic mass is 31.2. The Kier molecular flexibility index (Phi) is 6.49. The van der Waals surface area contributed by atoms with Gasteiger partial charge in [0.25, 0.3) is 0 Å². The Morgan fingerprint density at radius 3 is 2.78 bits per heavy atom. The molecule has 0 bridgehead atoms. The van der Waals surface area contributed by atoms with E-state index in [2.05, 4.69) is 25.0 Å². The summed E-state index contributed by atoms with van der Waals surface area (Å²) in [5.41, 5.74) is 2.13. The number of pyridine rings is 1. The third-order valence-electron chi connectivity index (χ3n) is 5.53. The van der Waals surface area contributed by atoms with Gasteiger partial charge in [-0.3, -0.25) is 14.4 Å². The smallest absolute Gasteiger partial charge is 0.442 e. The van der Waals surface area contributed by atoms with E-state index in [1.54, 1.807) is 35.1 Å². The number of nitrogens with zero attached hydrogens (tertiary/aromatic N) is 6. The van der Waals surface area contributed by atoms with Gasteiger partial charge in [0.1, 0.15) is 17.6 Å². The number of cyclic esters (lactones) is 1. The van der Waals surface area contributed by atoms with Gasteiger partial charge in [-0.05, 0) is 24.3 Å². The predicted molar refractivity (Wildman–Crippen MR) is 121 cm³/mol. The number of carbonyl (C=O) groups is 1. The molecule has 15 heteroatoms. The standard InChI is InChI=1S/C21H20FN6O7P/c22-18-7-14(28-11-16(34-21(28)29)10-27-6-5-24-26-27)2-3-17(18)13-1-4-19(23-9-13)20-8-15(35-25-20)12-33-36(30,31)32/h1-7,9,15-16H,8,10-12H2,(H2,30,31,32). The van der Waals surface area contributed by atoms with Gasteiger partial charge in [0.2, 0.25) is 0 Å². The lowest BCUT2D eigenvalue weighted by Crippen LogP contribution is -2.26. The van der Waals surface area contributed by atoms with Crippen molar-refractivity contribution in [1.82, 2.24) is 20.0 Å². The topological polar surface area (TPSA) is 161 Å². The van der Waals surface area contributed by atoms with Gasteiger partial charge in [0.05, 0.1) is 37.3 Å². The normalized spacial score (nSPS) is 19.8. The quantitative estimate of drug-likeness (QED) is 0.423. The van der Waals surface area contributed by atoms with E-state index in [0.29, 0.717) is 34.8 Å². The number of amides is 1. The molecule has 0 radical (unpaired) electrons. The van der Waals surface area contributed by atoms with Crippen LogP contribution in [-0.2, 0) is 25.2 Å². The average molecular weight is 518 g/mol. The molecule has 1 fully saturated rings. The number of rotatable bonds is 8. The van der Waals surface area contributed by atoms with Gasteiger partial charge in [0, 0.05) is 29.9 Å². The van der Waals surface area contributed by atoms with E-state index in [9.17, 15) is 9.36 Å². The maximum absolute atomic E-state index is 15.0. The Morgan fingerprint density at radius 2 is 2.08 bits per heavy atom. The summed E-state index contributed by atoms with van der Waals surface area (Å²) in [6.07, 6.45) is 3.27. The molecule has 0 saturated carbocycles. The van der Waals surface area contributed by atoms with Crippen molar-refractivity contribution < 1.29 is 37.6 Å². The van der Waals surface area contributed by atoms with Crippen molar-refractivity contribution in [3.05, 3.63) is 60.4 Å². The van der Waals surface area contributed by atoms with Gasteiger partial charge in [-0.2, -0.15) is 0 Å². The molecule has 2 aliphatic rings. The first-order valence-electron chi connectivity index (χ1n) is 10.8. The molecule has 1 amide bonds. The Balaban J connectivity index is 1.23. The molecule has 188 valence electrons. The van der Waals surface area contributed by atoms with E-state index < -0.39 is 31.9 Å². The Labute approximate surface area is 203 Å². The Morgan fingerprint density at radius 1 is 1.22 bits per heavy atom. The molecular formula is C21H20FN6O7P. The molecule has 2 N–H and O–H groups in total. The zero-order chi connectivity index (χ0) is 25.3. The summed E-state index contributed by atoms with van der Waals surface area (Å²) in [5, 5.41) is 11.5. The van der Waals surface area contributed by atoms with Gasteiger partial charge < -0.3 is 19.4 Å². The zero-order valence-electron chi connectivity index (χ0n) is 18.5. The number of halogens is 1. The fourth-order valence-electron chi connectivity index (χ4n) is 3.85. The maximum Gasteiger partial charge on any atom is 0.469 e. The molecule has 5 rings (SSSR count). The van der Waals surface area contributed by atoms with Crippen molar-refractivity contribution in [3.8, 4) is 11.1 Å². The number of hydrogen-bond donors (Lipinski definition) is 2. The molecule has 4 heterocycles. The second kappa shape index (κ2) is 9.74. The van der Waals surface area contributed by atoms with Gasteiger partial charge in [0.15, 0.2) is 6.10 Å². The molecule has 2 aromatic heterocycles. The summed E-state index contributed by atoms with van der Waals surface area (Å²) in [5.74, 6) is -0.536. The minimum Gasteiger partial charge on any atom is -0.442 e. The van der Waals surface area contributed by atoms with Gasteiger partial charge >= 0.3 is 13.9 Å². The molecular weight excluding hydrogens is 498 g/mol. The summed E-state index contributed by atoms with van der Waals surface area (Å²) in [4.78, 5) is 40.7. The SMILES string of the molecule is O=C1OC(Cn2ccnn2)CN1c1ccc(-c2ccc(C3=NOC(COP(=O)(O)O)C3)nc2)c(F)c1. The van der Waals surface area contributed by atoms with Crippen molar-refractivity contribution in [3.63, 3.8) is 0 Å². The molecule has 36 heavy (non-hydrogen) atoms. The van der Waals surface area contributed by atoms with E-state index in [0.717, 1.165) is 0 Å². The molecule has 0 spiro atoms. The number of hydrogen-bond acceptors (Lipinski definition) is 9. The summed E-state index contributed by atoms with van der Waals surface area (Å²) >= 11 is 0. The fraction of sp³-hybridized carbons (Fsp3) is 0.286. The third kappa shape index (κ3) is 5.41. The number of carbonyl (C=O) groups excluding carboxylic acids is 1. The highest BCUT2D eigenvalue weighted by Gasteiger charge is 2.33. The lowest BCUT2D eigenvalue weighted by molar-refractivity contribution is 0.0364. The van der Waals surface area contributed by atoms with Gasteiger partial charge in [-0.25, -0.2) is 18.4 Å². The van der Waals surface area contributed by atoms with E-state index >= 15 is 4.39 Å². The highest BCUT2D eigenvalue weighted by molar-refractivity contribution is 7.46. The van der Waals surface area contributed by atoms with Crippen molar-refractivity contribution in [2.75, 3.05) is 18.1 Å². The summed E-state index contributed by atoms with van der Waals surface area (Å²) < 4.78 is 37.2. The molecule has 2 unspecified atom stereocenters. The zero-order valence-corrected chi connectivity index (χ0v) is 19.4. The second-order valence-electron chi connectivity index (χ2n) is 8.09. The summed E-state index contributed by atoms with van der Waals surface area (Å²) in [6.45, 7) is 0.269. The van der Waals surface area contributed by atoms with Crippen LogP contribution < -0.4 is 4.90 Å². The van der Waals surface area contributed by atoms with Crippen LogP contribution in [0.5, 0.6) is 0 Å². The van der Waals surface area contributed by atoms with Gasteiger partial charge in [-0.15, -0.1) is 5.10 Å². The van der Waals surface area contributed by atoms with Crippen LogP contribution in [0, 0.1) is 5.82 Å². The number of anilines is 1. The monoisotopic (exact) mass is 518 g/mol. The van der Waals surface area contributed by atoms with E-state index in [1.807, 2.05) is 0 Å². The number of oxime groups is 1.